The van der Waals surface area contributed by atoms with Gasteiger partial charge in [0, 0.05) is 24.6 Å². The molecule has 4 N–H and O–H groups in total. The number of amides is 1. The van der Waals surface area contributed by atoms with Gasteiger partial charge < -0.3 is 20.8 Å². The van der Waals surface area contributed by atoms with Gasteiger partial charge in [-0.3, -0.25) is 4.79 Å². The van der Waals surface area contributed by atoms with Crippen molar-refractivity contribution in [2.75, 3.05) is 13.1 Å². The summed E-state index contributed by atoms with van der Waals surface area (Å²) in [6, 6.07) is 2.95. The molecule has 5 nitrogen and oxygen atoms in total. The van der Waals surface area contributed by atoms with Gasteiger partial charge in [0.05, 0.1) is 15.6 Å². The van der Waals surface area contributed by atoms with Crippen molar-refractivity contribution >= 4 is 29.1 Å². The van der Waals surface area contributed by atoms with Crippen molar-refractivity contribution in [1.29, 1.82) is 0 Å². The third kappa shape index (κ3) is 4.98. The SMILES string of the molecule is CC(C)(O)CNC(=O)C[C@H]1CN[C@@H](c2c(O)ccc(Cl)c2Cl)C1. The van der Waals surface area contributed by atoms with Crippen molar-refractivity contribution in [3.63, 3.8) is 0 Å². The van der Waals surface area contributed by atoms with E-state index in [1.54, 1.807) is 19.9 Å². The minimum atomic E-state index is -0.924. The Labute approximate surface area is 146 Å². The van der Waals surface area contributed by atoms with Crippen molar-refractivity contribution in [3.8, 4) is 5.75 Å². The minimum absolute atomic E-state index is 0.0963. The summed E-state index contributed by atoms with van der Waals surface area (Å²) < 4.78 is 0. The van der Waals surface area contributed by atoms with Crippen LogP contribution in [0, 0.1) is 5.92 Å². The number of nitrogens with one attached hydrogen (secondary N) is 2. The zero-order chi connectivity index (χ0) is 17.2. The third-order valence-corrected chi connectivity index (χ3v) is 4.69. The predicted molar refractivity (Wildman–Crippen MR) is 90.9 cm³/mol. The highest BCUT2D eigenvalue weighted by Gasteiger charge is 2.30. The molecule has 1 amide bonds. The summed E-state index contributed by atoms with van der Waals surface area (Å²) in [5.41, 5.74) is -0.342. The van der Waals surface area contributed by atoms with E-state index in [1.165, 1.54) is 6.07 Å². The second-order valence-corrected chi connectivity index (χ2v) is 7.44. The van der Waals surface area contributed by atoms with E-state index in [-0.39, 0.29) is 30.2 Å². The summed E-state index contributed by atoms with van der Waals surface area (Å²) in [4.78, 5) is 11.9. The van der Waals surface area contributed by atoms with Gasteiger partial charge in [0.2, 0.25) is 5.91 Å². The average Bonchev–Trinajstić information content (AvgIpc) is 2.89. The maximum Gasteiger partial charge on any atom is 0.220 e. The van der Waals surface area contributed by atoms with Gasteiger partial charge in [-0.1, -0.05) is 23.2 Å². The molecule has 1 aromatic rings. The van der Waals surface area contributed by atoms with Crippen molar-refractivity contribution in [2.45, 2.75) is 38.3 Å². The number of aromatic hydroxyl groups is 1. The average molecular weight is 361 g/mol. The fourth-order valence-corrected chi connectivity index (χ4v) is 3.18. The largest absolute Gasteiger partial charge is 0.508 e. The number of benzene rings is 1. The molecular formula is C16H22Cl2N2O3. The molecule has 2 rings (SSSR count). The van der Waals surface area contributed by atoms with Gasteiger partial charge in [-0.05, 0) is 44.9 Å². The molecule has 0 aliphatic carbocycles. The summed E-state index contributed by atoms with van der Waals surface area (Å²) in [7, 11) is 0. The molecule has 128 valence electrons. The van der Waals surface area contributed by atoms with E-state index in [0.29, 0.717) is 35.0 Å². The third-order valence-electron chi connectivity index (χ3n) is 3.87. The summed E-state index contributed by atoms with van der Waals surface area (Å²) in [6.07, 6.45) is 1.04. The highest BCUT2D eigenvalue weighted by atomic mass is 35.5. The van der Waals surface area contributed by atoms with Crippen LogP contribution in [0.15, 0.2) is 12.1 Å². The number of hydrogen-bond donors (Lipinski definition) is 4. The van der Waals surface area contributed by atoms with Gasteiger partial charge in [-0.2, -0.15) is 0 Å². The Morgan fingerprint density at radius 2 is 2.13 bits per heavy atom. The topological polar surface area (TPSA) is 81.6 Å². The highest BCUT2D eigenvalue weighted by Crippen LogP contribution is 2.41. The molecule has 0 radical (unpaired) electrons. The van der Waals surface area contributed by atoms with E-state index in [1.807, 2.05) is 0 Å². The van der Waals surface area contributed by atoms with E-state index in [0.717, 1.165) is 0 Å². The molecular weight excluding hydrogens is 339 g/mol. The molecule has 0 aromatic heterocycles. The maximum absolute atomic E-state index is 11.9. The fourth-order valence-electron chi connectivity index (χ4n) is 2.72. The molecule has 2 atom stereocenters. The van der Waals surface area contributed by atoms with Crippen LogP contribution in [-0.4, -0.2) is 34.8 Å². The lowest BCUT2D eigenvalue weighted by Crippen LogP contribution is -2.38. The molecule has 1 heterocycles. The predicted octanol–water partition coefficient (Wildman–Crippen LogP) is 2.63. The fraction of sp³-hybridized carbons (Fsp3) is 0.562. The first-order valence-corrected chi connectivity index (χ1v) is 8.32. The Hall–Kier alpha value is -1.01. The van der Waals surface area contributed by atoms with Crippen molar-refractivity contribution in [1.82, 2.24) is 10.6 Å². The first-order chi connectivity index (χ1) is 10.7. The highest BCUT2D eigenvalue weighted by molar-refractivity contribution is 6.42. The lowest BCUT2D eigenvalue weighted by Gasteiger charge is -2.18. The van der Waals surface area contributed by atoms with Gasteiger partial charge in [0.25, 0.3) is 0 Å². The molecule has 1 fully saturated rings. The number of aliphatic hydroxyl groups is 1. The van der Waals surface area contributed by atoms with Crippen LogP contribution >= 0.6 is 23.2 Å². The van der Waals surface area contributed by atoms with Gasteiger partial charge in [-0.25, -0.2) is 0 Å². The van der Waals surface area contributed by atoms with E-state index in [4.69, 9.17) is 23.2 Å². The van der Waals surface area contributed by atoms with Gasteiger partial charge in [0.15, 0.2) is 0 Å². The second kappa shape index (κ2) is 7.26. The van der Waals surface area contributed by atoms with Crippen LogP contribution in [0.1, 0.15) is 38.3 Å². The first kappa shape index (κ1) is 18.3. The number of carbonyl (C=O) groups is 1. The number of carbonyl (C=O) groups excluding carboxylic acids is 1. The molecule has 0 unspecified atom stereocenters. The molecule has 23 heavy (non-hydrogen) atoms. The van der Waals surface area contributed by atoms with Gasteiger partial charge >= 0.3 is 0 Å². The molecule has 1 aliphatic rings. The molecule has 1 aromatic carbocycles. The van der Waals surface area contributed by atoms with Gasteiger partial charge in [0.1, 0.15) is 5.75 Å². The molecule has 1 saturated heterocycles. The lowest BCUT2D eigenvalue weighted by molar-refractivity contribution is -0.122. The smallest absolute Gasteiger partial charge is 0.220 e. The number of rotatable bonds is 5. The van der Waals surface area contributed by atoms with Crippen LogP contribution in [0.25, 0.3) is 0 Å². The number of hydrogen-bond acceptors (Lipinski definition) is 4. The Morgan fingerprint density at radius 1 is 1.43 bits per heavy atom. The second-order valence-electron chi connectivity index (χ2n) is 6.65. The van der Waals surface area contributed by atoms with Crippen LogP contribution in [0.3, 0.4) is 0 Å². The summed E-state index contributed by atoms with van der Waals surface area (Å²) in [6.45, 7) is 4.16. The normalized spacial score (nSPS) is 21.4. The summed E-state index contributed by atoms with van der Waals surface area (Å²) in [5.74, 6) is 0.140. The van der Waals surface area contributed by atoms with E-state index in [2.05, 4.69) is 10.6 Å². The van der Waals surface area contributed by atoms with Crippen molar-refractivity contribution in [3.05, 3.63) is 27.7 Å². The zero-order valence-electron chi connectivity index (χ0n) is 13.2. The van der Waals surface area contributed by atoms with E-state index < -0.39 is 5.60 Å². The van der Waals surface area contributed by atoms with Crippen LogP contribution in [0.4, 0.5) is 0 Å². The Balaban J connectivity index is 1.94. The van der Waals surface area contributed by atoms with E-state index in [9.17, 15) is 15.0 Å². The maximum atomic E-state index is 11.9. The molecule has 0 saturated carbocycles. The quantitative estimate of drug-likeness (QED) is 0.650. The Kier molecular flexibility index (Phi) is 5.79. The van der Waals surface area contributed by atoms with Crippen LogP contribution < -0.4 is 10.6 Å². The number of halogens is 2. The van der Waals surface area contributed by atoms with Crippen molar-refractivity contribution < 1.29 is 15.0 Å². The zero-order valence-corrected chi connectivity index (χ0v) is 14.7. The van der Waals surface area contributed by atoms with E-state index >= 15 is 0 Å². The number of phenolic OH excluding ortho intramolecular Hbond substituents is 1. The summed E-state index contributed by atoms with van der Waals surface area (Å²) in [5, 5.41) is 26.4. The van der Waals surface area contributed by atoms with Crippen LogP contribution in [0.2, 0.25) is 10.0 Å². The molecule has 0 bridgehead atoms. The monoisotopic (exact) mass is 360 g/mol. The molecule has 7 heteroatoms. The van der Waals surface area contributed by atoms with Crippen LogP contribution in [0.5, 0.6) is 5.75 Å². The molecule has 0 spiro atoms. The Morgan fingerprint density at radius 3 is 2.78 bits per heavy atom. The minimum Gasteiger partial charge on any atom is -0.508 e. The molecule has 1 aliphatic heterocycles. The van der Waals surface area contributed by atoms with Crippen LogP contribution in [-0.2, 0) is 4.79 Å². The standard InChI is InChI=1S/C16H22Cl2N2O3/c1-16(2,23)8-20-13(22)6-9-5-11(19-7-9)14-12(21)4-3-10(17)15(14)18/h3-4,9,11,19,21,23H,5-8H2,1-2H3,(H,20,22)/t9-,11+/m0/s1. The number of phenols is 1. The van der Waals surface area contributed by atoms with Crippen molar-refractivity contribution in [2.24, 2.45) is 5.92 Å². The van der Waals surface area contributed by atoms with Gasteiger partial charge in [-0.15, -0.1) is 0 Å². The Bertz CT molecular complexity index is 587. The first-order valence-electron chi connectivity index (χ1n) is 7.56. The summed E-state index contributed by atoms with van der Waals surface area (Å²) >= 11 is 12.2. The lowest BCUT2D eigenvalue weighted by atomic mass is 9.96.